The third-order valence-corrected chi connectivity index (χ3v) is 2.89. The van der Waals surface area contributed by atoms with Crippen molar-refractivity contribution in [3.8, 4) is 0 Å². The minimum atomic E-state index is -0.734. The molecule has 0 saturated heterocycles. The summed E-state index contributed by atoms with van der Waals surface area (Å²) >= 11 is 0. The molecule has 2 rings (SSSR count). The second-order valence-electron chi connectivity index (χ2n) is 4.02. The molecule has 1 heterocycles. The van der Waals surface area contributed by atoms with Gasteiger partial charge < -0.3 is 15.0 Å². The molecule has 82 valence electrons. The van der Waals surface area contributed by atoms with E-state index in [9.17, 15) is 4.79 Å². The van der Waals surface area contributed by atoms with Crippen molar-refractivity contribution < 1.29 is 9.90 Å². The number of hydrogen-bond acceptors (Lipinski definition) is 3. The van der Waals surface area contributed by atoms with Gasteiger partial charge in [0.2, 0.25) is 0 Å². The fourth-order valence-electron chi connectivity index (χ4n) is 1.64. The Morgan fingerprint density at radius 2 is 2.47 bits per heavy atom. The van der Waals surface area contributed by atoms with Gasteiger partial charge in [0, 0.05) is 32.4 Å². The van der Waals surface area contributed by atoms with E-state index in [1.54, 1.807) is 6.20 Å². The van der Waals surface area contributed by atoms with E-state index in [0.717, 1.165) is 25.1 Å². The zero-order valence-electron chi connectivity index (χ0n) is 8.73. The Morgan fingerprint density at radius 1 is 1.73 bits per heavy atom. The van der Waals surface area contributed by atoms with Gasteiger partial charge in [-0.2, -0.15) is 0 Å². The van der Waals surface area contributed by atoms with Crippen LogP contribution in [0.25, 0.3) is 0 Å². The standard InChI is InChI=1S/C10H15N3O2/c1-13-7-6-11-8(13)2-5-12-10(3-4-10)9(14)15/h6-7,12H,2-5H2,1H3,(H,14,15). The molecule has 5 heteroatoms. The molecule has 1 aliphatic carbocycles. The molecule has 0 aliphatic heterocycles. The lowest BCUT2D eigenvalue weighted by Crippen LogP contribution is -2.40. The van der Waals surface area contributed by atoms with Crippen molar-refractivity contribution >= 4 is 5.97 Å². The number of hydrogen-bond donors (Lipinski definition) is 2. The van der Waals surface area contributed by atoms with Gasteiger partial charge in [-0.05, 0) is 12.8 Å². The molecule has 15 heavy (non-hydrogen) atoms. The van der Waals surface area contributed by atoms with Crippen LogP contribution in [0.1, 0.15) is 18.7 Å². The average molecular weight is 209 g/mol. The number of aryl methyl sites for hydroxylation is 1. The monoisotopic (exact) mass is 209 g/mol. The van der Waals surface area contributed by atoms with Crippen molar-refractivity contribution in [1.82, 2.24) is 14.9 Å². The third-order valence-electron chi connectivity index (χ3n) is 2.89. The molecular formula is C10H15N3O2. The number of rotatable bonds is 5. The summed E-state index contributed by atoms with van der Waals surface area (Å²) in [5.74, 6) is 0.242. The van der Waals surface area contributed by atoms with E-state index in [2.05, 4.69) is 10.3 Å². The van der Waals surface area contributed by atoms with Crippen LogP contribution in [0.3, 0.4) is 0 Å². The van der Waals surface area contributed by atoms with Crippen LogP contribution in [0.5, 0.6) is 0 Å². The number of imidazole rings is 1. The zero-order chi connectivity index (χ0) is 10.9. The normalized spacial score (nSPS) is 17.7. The van der Waals surface area contributed by atoms with Crippen LogP contribution in [0.15, 0.2) is 12.4 Å². The molecule has 0 radical (unpaired) electrons. The molecular weight excluding hydrogens is 194 g/mol. The Hall–Kier alpha value is -1.36. The second-order valence-corrected chi connectivity index (χ2v) is 4.02. The lowest BCUT2D eigenvalue weighted by atomic mass is 10.2. The maximum absolute atomic E-state index is 10.9. The van der Waals surface area contributed by atoms with Gasteiger partial charge in [0.1, 0.15) is 11.4 Å². The fourth-order valence-corrected chi connectivity index (χ4v) is 1.64. The van der Waals surface area contributed by atoms with Crippen molar-refractivity contribution in [3.05, 3.63) is 18.2 Å². The van der Waals surface area contributed by atoms with Crippen LogP contribution >= 0.6 is 0 Å². The molecule has 2 N–H and O–H groups in total. The molecule has 0 bridgehead atoms. The summed E-state index contributed by atoms with van der Waals surface area (Å²) < 4.78 is 1.95. The van der Waals surface area contributed by atoms with Gasteiger partial charge >= 0.3 is 5.97 Å². The molecule has 1 saturated carbocycles. The molecule has 0 amide bonds. The van der Waals surface area contributed by atoms with Gasteiger partial charge in [-0.15, -0.1) is 0 Å². The van der Waals surface area contributed by atoms with Crippen LogP contribution in [0, 0.1) is 0 Å². The summed E-state index contributed by atoms with van der Waals surface area (Å²) in [6.07, 6.45) is 5.88. The molecule has 1 aromatic heterocycles. The first-order valence-electron chi connectivity index (χ1n) is 5.09. The Balaban J connectivity index is 1.81. The summed E-state index contributed by atoms with van der Waals surface area (Å²) in [4.78, 5) is 15.0. The smallest absolute Gasteiger partial charge is 0.323 e. The van der Waals surface area contributed by atoms with Gasteiger partial charge in [-0.3, -0.25) is 4.79 Å². The first-order chi connectivity index (χ1) is 7.14. The number of nitrogens with zero attached hydrogens (tertiary/aromatic N) is 2. The predicted octanol–water partition coefficient (Wildman–Crippen LogP) is 0.169. The van der Waals surface area contributed by atoms with Crippen LogP contribution in [0.4, 0.5) is 0 Å². The number of nitrogens with one attached hydrogen (secondary N) is 1. The average Bonchev–Trinajstić information content (AvgIpc) is 2.87. The van der Waals surface area contributed by atoms with Crippen molar-refractivity contribution in [3.63, 3.8) is 0 Å². The van der Waals surface area contributed by atoms with Gasteiger partial charge in [0.15, 0.2) is 0 Å². The van der Waals surface area contributed by atoms with Gasteiger partial charge in [-0.25, -0.2) is 4.98 Å². The van der Waals surface area contributed by atoms with Crippen LogP contribution in [-0.4, -0.2) is 32.7 Å². The van der Waals surface area contributed by atoms with E-state index >= 15 is 0 Å². The number of aliphatic carboxylic acids is 1. The van der Waals surface area contributed by atoms with Gasteiger partial charge in [0.05, 0.1) is 0 Å². The van der Waals surface area contributed by atoms with E-state index in [0.29, 0.717) is 6.54 Å². The summed E-state index contributed by atoms with van der Waals surface area (Å²) in [5, 5.41) is 12.0. The highest BCUT2D eigenvalue weighted by atomic mass is 16.4. The maximum Gasteiger partial charge on any atom is 0.323 e. The van der Waals surface area contributed by atoms with Crippen LogP contribution in [0.2, 0.25) is 0 Å². The molecule has 1 aromatic rings. The highest BCUT2D eigenvalue weighted by molar-refractivity contribution is 5.82. The van der Waals surface area contributed by atoms with Crippen molar-refractivity contribution in [2.75, 3.05) is 6.54 Å². The Morgan fingerprint density at radius 3 is 2.93 bits per heavy atom. The van der Waals surface area contributed by atoms with E-state index in [4.69, 9.17) is 5.11 Å². The molecule has 0 spiro atoms. The van der Waals surface area contributed by atoms with E-state index in [-0.39, 0.29) is 0 Å². The number of carboxylic acid groups (broad SMARTS) is 1. The predicted molar refractivity (Wildman–Crippen MR) is 54.5 cm³/mol. The Labute approximate surface area is 88.1 Å². The number of carbonyl (C=O) groups is 1. The SMILES string of the molecule is Cn1ccnc1CCNC1(C(=O)O)CC1. The topological polar surface area (TPSA) is 67.2 Å². The molecule has 5 nitrogen and oxygen atoms in total. The third kappa shape index (κ3) is 2.02. The quantitative estimate of drug-likeness (QED) is 0.725. The van der Waals surface area contributed by atoms with Crippen molar-refractivity contribution in [2.45, 2.75) is 24.8 Å². The Bertz CT molecular complexity index is 368. The minimum Gasteiger partial charge on any atom is -0.480 e. The summed E-state index contributed by atoms with van der Waals surface area (Å²) in [6.45, 7) is 0.664. The molecule has 1 aliphatic rings. The lowest BCUT2D eigenvalue weighted by molar-refractivity contribution is -0.140. The highest BCUT2D eigenvalue weighted by Crippen LogP contribution is 2.35. The first-order valence-corrected chi connectivity index (χ1v) is 5.09. The van der Waals surface area contributed by atoms with Crippen LogP contribution in [-0.2, 0) is 18.3 Å². The van der Waals surface area contributed by atoms with E-state index in [1.165, 1.54) is 0 Å². The molecule has 1 fully saturated rings. The number of aromatic nitrogens is 2. The second kappa shape index (κ2) is 3.66. The number of carboxylic acids is 1. The van der Waals surface area contributed by atoms with Crippen molar-refractivity contribution in [2.24, 2.45) is 7.05 Å². The lowest BCUT2D eigenvalue weighted by Gasteiger charge is -2.11. The minimum absolute atomic E-state index is 0.634. The summed E-state index contributed by atoms with van der Waals surface area (Å²) in [5.41, 5.74) is -0.634. The van der Waals surface area contributed by atoms with Crippen LogP contribution < -0.4 is 5.32 Å². The molecule has 0 aromatic carbocycles. The molecule has 0 unspecified atom stereocenters. The largest absolute Gasteiger partial charge is 0.480 e. The maximum atomic E-state index is 10.9. The van der Waals surface area contributed by atoms with Gasteiger partial charge in [-0.1, -0.05) is 0 Å². The van der Waals surface area contributed by atoms with E-state index < -0.39 is 11.5 Å². The molecule has 0 atom stereocenters. The van der Waals surface area contributed by atoms with E-state index in [1.807, 2.05) is 17.8 Å². The first kappa shape index (κ1) is 10.2. The van der Waals surface area contributed by atoms with Crippen molar-refractivity contribution in [1.29, 1.82) is 0 Å². The Kier molecular flexibility index (Phi) is 2.48. The van der Waals surface area contributed by atoms with Gasteiger partial charge in [0.25, 0.3) is 0 Å². The summed E-state index contributed by atoms with van der Waals surface area (Å²) in [7, 11) is 1.94. The highest BCUT2D eigenvalue weighted by Gasteiger charge is 2.49. The fraction of sp³-hybridized carbons (Fsp3) is 0.600. The summed E-state index contributed by atoms with van der Waals surface area (Å²) in [6, 6.07) is 0. The zero-order valence-corrected chi connectivity index (χ0v) is 8.73.